The van der Waals surface area contributed by atoms with Gasteiger partial charge in [0.1, 0.15) is 17.5 Å². The summed E-state index contributed by atoms with van der Waals surface area (Å²) in [6.45, 7) is 8.62. The SMILES string of the molecule is CSc1nc(NC(C)c2ccccc2)c(C#N)c(-c2ccc(C(C)(C)C)cc2)n1. The molecule has 0 amide bonds. The number of aromatic nitrogens is 2. The van der Waals surface area contributed by atoms with Crippen molar-refractivity contribution >= 4 is 17.6 Å². The molecule has 0 saturated carbocycles. The summed E-state index contributed by atoms with van der Waals surface area (Å²) in [7, 11) is 0. The lowest BCUT2D eigenvalue weighted by Crippen LogP contribution is -2.12. The number of thioether (sulfide) groups is 1. The number of nitrogens with zero attached hydrogens (tertiary/aromatic N) is 3. The van der Waals surface area contributed by atoms with Crippen LogP contribution >= 0.6 is 11.8 Å². The Morgan fingerprint density at radius 1 is 1.00 bits per heavy atom. The molecule has 4 nitrogen and oxygen atoms in total. The predicted molar refractivity (Wildman–Crippen MR) is 121 cm³/mol. The molecular weight excluding hydrogens is 376 g/mol. The molecule has 1 N–H and O–H groups in total. The fraction of sp³-hybridized carbons (Fsp3) is 0.292. The van der Waals surface area contributed by atoms with E-state index < -0.39 is 0 Å². The molecule has 5 heteroatoms. The normalized spacial score (nSPS) is 12.3. The van der Waals surface area contributed by atoms with Gasteiger partial charge in [-0.2, -0.15) is 5.26 Å². The largest absolute Gasteiger partial charge is 0.362 e. The molecule has 0 radical (unpaired) electrons. The molecule has 148 valence electrons. The van der Waals surface area contributed by atoms with Gasteiger partial charge in [-0.1, -0.05) is 87.1 Å². The molecule has 1 atom stereocenters. The number of rotatable bonds is 5. The molecule has 0 aliphatic carbocycles. The second kappa shape index (κ2) is 8.67. The second-order valence-corrected chi connectivity index (χ2v) is 8.77. The van der Waals surface area contributed by atoms with E-state index in [-0.39, 0.29) is 11.5 Å². The highest BCUT2D eigenvalue weighted by Crippen LogP contribution is 2.32. The molecule has 3 aromatic rings. The molecule has 2 aromatic carbocycles. The van der Waals surface area contributed by atoms with Gasteiger partial charge in [0.2, 0.25) is 0 Å². The zero-order chi connectivity index (χ0) is 21.0. The van der Waals surface area contributed by atoms with Crippen molar-refractivity contribution in [1.82, 2.24) is 9.97 Å². The Labute approximate surface area is 177 Å². The van der Waals surface area contributed by atoms with E-state index in [1.807, 2.05) is 36.6 Å². The van der Waals surface area contributed by atoms with E-state index in [0.717, 1.165) is 11.1 Å². The average molecular weight is 403 g/mol. The molecule has 0 spiro atoms. The molecular formula is C24H26N4S. The molecule has 29 heavy (non-hydrogen) atoms. The monoisotopic (exact) mass is 402 g/mol. The van der Waals surface area contributed by atoms with E-state index in [9.17, 15) is 5.26 Å². The lowest BCUT2D eigenvalue weighted by Gasteiger charge is -2.20. The van der Waals surface area contributed by atoms with Crippen LogP contribution in [0.4, 0.5) is 5.82 Å². The van der Waals surface area contributed by atoms with Gasteiger partial charge in [0.05, 0.1) is 5.69 Å². The first-order valence-corrected chi connectivity index (χ1v) is 10.8. The maximum absolute atomic E-state index is 9.91. The van der Waals surface area contributed by atoms with Crippen LogP contribution in [0.1, 0.15) is 50.4 Å². The van der Waals surface area contributed by atoms with Crippen molar-refractivity contribution in [1.29, 1.82) is 5.26 Å². The van der Waals surface area contributed by atoms with Crippen molar-refractivity contribution in [3.63, 3.8) is 0 Å². The molecule has 1 heterocycles. The van der Waals surface area contributed by atoms with E-state index >= 15 is 0 Å². The minimum Gasteiger partial charge on any atom is -0.362 e. The van der Waals surface area contributed by atoms with Gasteiger partial charge >= 0.3 is 0 Å². The highest BCUT2D eigenvalue weighted by Gasteiger charge is 2.19. The number of hydrogen-bond acceptors (Lipinski definition) is 5. The zero-order valence-corrected chi connectivity index (χ0v) is 18.3. The van der Waals surface area contributed by atoms with Gasteiger partial charge < -0.3 is 5.32 Å². The summed E-state index contributed by atoms with van der Waals surface area (Å²) in [4.78, 5) is 9.24. The summed E-state index contributed by atoms with van der Waals surface area (Å²) in [5, 5.41) is 14.0. The van der Waals surface area contributed by atoms with Gasteiger partial charge in [0.25, 0.3) is 0 Å². The summed E-state index contributed by atoms with van der Waals surface area (Å²) in [6.07, 6.45) is 1.94. The lowest BCUT2D eigenvalue weighted by atomic mass is 9.86. The molecule has 0 aliphatic rings. The molecule has 3 rings (SSSR count). The van der Waals surface area contributed by atoms with Crippen LogP contribution in [-0.2, 0) is 5.41 Å². The Morgan fingerprint density at radius 2 is 1.66 bits per heavy atom. The van der Waals surface area contributed by atoms with E-state index in [2.05, 4.69) is 73.3 Å². The van der Waals surface area contributed by atoms with Gasteiger partial charge in [0.15, 0.2) is 5.16 Å². The Kier molecular flexibility index (Phi) is 6.24. The summed E-state index contributed by atoms with van der Waals surface area (Å²) < 4.78 is 0. The molecule has 0 saturated heterocycles. The highest BCUT2D eigenvalue weighted by atomic mass is 32.2. The number of benzene rings is 2. The number of nitrogens with one attached hydrogen (secondary N) is 1. The van der Waals surface area contributed by atoms with Crippen LogP contribution in [0, 0.1) is 11.3 Å². The molecule has 0 aliphatic heterocycles. The fourth-order valence-corrected chi connectivity index (χ4v) is 3.47. The van der Waals surface area contributed by atoms with Crippen LogP contribution in [0.2, 0.25) is 0 Å². The van der Waals surface area contributed by atoms with E-state index in [1.54, 1.807) is 0 Å². The van der Waals surface area contributed by atoms with Crippen LogP contribution < -0.4 is 5.32 Å². The van der Waals surface area contributed by atoms with Crippen LogP contribution in [0.5, 0.6) is 0 Å². The third-order valence-electron chi connectivity index (χ3n) is 4.86. The minimum absolute atomic E-state index is 0.0176. The lowest BCUT2D eigenvalue weighted by molar-refractivity contribution is 0.590. The van der Waals surface area contributed by atoms with E-state index in [0.29, 0.717) is 22.2 Å². The van der Waals surface area contributed by atoms with E-state index in [1.165, 1.54) is 17.3 Å². The van der Waals surface area contributed by atoms with Gasteiger partial charge in [-0.15, -0.1) is 0 Å². The predicted octanol–water partition coefficient (Wildman–Crippen LogP) is 6.21. The first kappa shape index (κ1) is 20.9. The first-order chi connectivity index (χ1) is 13.8. The van der Waals surface area contributed by atoms with Gasteiger partial charge in [-0.05, 0) is 29.7 Å². The third kappa shape index (κ3) is 4.78. The Balaban J connectivity index is 2.04. The van der Waals surface area contributed by atoms with Crippen LogP contribution in [0.15, 0.2) is 59.8 Å². The number of anilines is 1. The summed E-state index contributed by atoms with van der Waals surface area (Å²) in [6, 6.07) is 20.8. The van der Waals surface area contributed by atoms with Gasteiger partial charge in [0, 0.05) is 11.6 Å². The topological polar surface area (TPSA) is 61.6 Å². The zero-order valence-electron chi connectivity index (χ0n) is 17.5. The van der Waals surface area contributed by atoms with Gasteiger partial charge in [-0.25, -0.2) is 9.97 Å². The van der Waals surface area contributed by atoms with Crippen molar-refractivity contribution < 1.29 is 0 Å². The number of nitriles is 1. The summed E-state index contributed by atoms with van der Waals surface area (Å²) >= 11 is 1.47. The quantitative estimate of drug-likeness (QED) is 0.406. The van der Waals surface area contributed by atoms with E-state index in [4.69, 9.17) is 0 Å². The maximum atomic E-state index is 9.91. The Morgan fingerprint density at radius 3 is 2.21 bits per heavy atom. The summed E-state index contributed by atoms with van der Waals surface area (Å²) in [5.41, 5.74) is 4.50. The van der Waals surface area contributed by atoms with Crippen LogP contribution in [-0.4, -0.2) is 16.2 Å². The van der Waals surface area contributed by atoms with Crippen molar-refractivity contribution in [2.75, 3.05) is 11.6 Å². The molecule has 1 aromatic heterocycles. The Hall–Kier alpha value is -2.84. The number of hydrogen-bond donors (Lipinski definition) is 1. The first-order valence-electron chi connectivity index (χ1n) is 9.62. The Bertz CT molecular complexity index is 1020. The summed E-state index contributed by atoms with van der Waals surface area (Å²) in [5.74, 6) is 0.568. The smallest absolute Gasteiger partial charge is 0.189 e. The average Bonchev–Trinajstić information content (AvgIpc) is 2.73. The molecule has 1 unspecified atom stereocenters. The van der Waals surface area contributed by atoms with Crippen molar-refractivity contribution in [2.45, 2.75) is 44.3 Å². The molecule has 0 bridgehead atoms. The van der Waals surface area contributed by atoms with Crippen molar-refractivity contribution in [3.05, 3.63) is 71.3 Å². The highest BCUT2D eigenvalue weighted by molar-refractivity contribution is 7.98. The van der Waals surface area contributed by atoms with Crippen molar-refractivity contribution in [3.8, 4) is 17.3 Å². The van der Waals surface area contributed by atoms with Crippen molar-refractivity contribution in [2.24, 2.45) is 0 Å². The molecule has 0 fully saturated rings. The second-order valence-electron chi connectivity index (χ2n) is 8.00. The standard InChI is InChI=1S/C24H26N4S/c1-16(17-9-7-6-8-10-17)26-22-20(15-25)21(27-23(28-22)29-5)18-11-13-19(14-12-18)24(2,3)4/h6-14,16H,1-5H3,(H,26,27,28). The van der Waals surface area contributed by atoms with Crippen LogP contribution in [0.25, 0.3) is 11.3 Å². The fourth-order valence-electron chi connectivity index (χ4n) is 3.11. The maximum Gasteiger partial charge on any atom is 0.189 e. The van der Waals surface area contributed by atoms with Gasteiger partial charge in [-0.3, -0.25) is 0 Å². The van der Waals surface area contributed by atoms with Crippen LogP contribution in [0.3, 0.4) is 0 Å². The third-order valence-corrected chi connectivity index (χ3v) is 5.41. The minimum atomic E-state index is 0.0176.